The first-order chi connectivity index (χ1) is 6.38. The van der Waals surface area contributed by atoms with Crippen LogP contribution in [0, 0.1) is 0 Å². The molecular formula is C7H11Cl3N2O2. The highest BCUT2D eigenvalue weighted by molar-refractivity contribution is 6.66. The summed E-state index contributed by atoms with van der Waals surface area (Å²) >= 11 is 16.0. The number of hydrogen-bond donors (Lipinski definition) is 0. The van der Waals surface area contributed by atoms with E-state index in [2.05, 4.69) is 9.64 Å². The van der Waals surface area contributed by atoms with E-state index in [4.69, 9.17) is 34.8 Å². The molecule has 1 heterocycles. The van der Waals surface area contributed by atoms with Crippen molar-refractivity contribution in [2.24, 2.45) is 0 Å². The molecule has 0 radical (unpaired) electrons. The maximum Gasteiger partial charge on any atom is 0.413 e. The van der Waals surface area contributed by atoms with Gasteiger partial charge in [-0.25, -0.2) is 4.79 Å². The number of hydrogen-bond acceptors (Lipinski definition) is 3. The van der Waals surface area contributed by atoms with Crippen LogP contribution in [0.5, 0.6) is 0 Å². The Morgan fingerprint density at radius 3 is 2.14 bits per heavy atom. The molecule has 0 atom stereocenters. The maximum absolute atomic E-state index is 11.4. The molecule has 1 rings (SSSR count). The zero-order valence-corrected chi connectivity index (χ0v) is 9.94. The normalized spacial score (nSPS) is 19.6. The van der Waals surface area contributed by atoms with Gasteiger partial charge in [-0.05, 0) is 41.9 Å². The van der Waals surface area contributed by atoms with Crippen molar-refractivity contribution in [1.82, 2.24) is 9.80 Å². The van der Waals surface area contributed by atoms with Crippen molar-refractivity contribution in [2.45, 2.75) is 3.98 Å². The van der Waals surface area contributed by atoms with Crippen LogP contribution in [0.4, 0.5) is 4.79 Å². The van der Waals surface area contributed by atoms with Crippen molar-refractivity contribution in [3.63, 3.8) is 0 Å². The van der Waals surface area contributed by atoms with Gasteiger partial charge in [-0.15, -0.1) is 0 Å². The lowest BCUT2D eigenvalue weighted by Gasteiger charge is -2.32. The van der Waals surface area contributed by atoms with Crippen LogP contribution in [0.2, 0.25) is 0 Å². The zero-order valence-electron chi connectivity index (χ0n) is 7.67. The smallest absolute Gasteiger partial charge is 0.398 e. The molecule has 0 aromatic heterocycles. The zero-order chi connectivity index (χ0) is 10.8. The minimum Gasteiger partial charge on any atom is -0.398 e. The van der Waals surface area contributed by atoms with Gasteiger partial charge in [0.2, 0.25) is 0 Å². The number of piperazine rings is 1. The Hall–Kier alpha value is 0.1000. The molecule has 1 aliphatic heterocycles. The second-order valence-corrected chi connectivity index (χ2v) is 5.28. The summed E-state index contributed by atoms with van der Waals surface area (Å²) in [7, 11) is 1.98. The molecule has 0 saturated carbocycles. The molecule has 1 aliphatic rings. The molecule has 0 spiro atoms. The number of likely N-dealkylation sites (N-methyl/N-ethyl adjacent to an activating group) is 1. The minimum atomic E-state index is -1.97. The molecule has 1 fully saturated rings. The highest BCUT2D eigenvalue weighted by atomic mass is 35.6. The van der Waals surface area contributed by atoms with Crippen molar-refractivity contribution in [1.29, 1.82) is 0 Å². The van der Waals surface area contributed by atoms with Crippen LogP contribution in [0.25, 0.3) is 0 Å². The molecule has 1 saturated heterocycles. The van der Waals surface area contributed by atoms with E-state index in [1.807, 2.05) is 7.05 Å². The highest BCUT2D eigenvalue weighted by Crippen LogP contribution is 2.28. The largest absolute Gasteiger partial charge is 0.413 e. The summed E-state index contributed by atoms with van der Waals surface area (Å²) in [6.45, 7) is 2.79. The molecule has 1 amide bonds. The highest BCUT2D eigenvalue weighted by Gasteiger charge is 2.29. The van der Waals surface area contributed by atoms with E-state index in [9.17, 15) is 4.79 Å². The standard InChI is InChI=1S/C7H11Cl3N2O2/c1-11-2-4-12(5-3-11)6(13)14-7(8,9)10/h2-5H2,1H3. The third kappa shape index (κ3) is 4.09. The number of halogens is 3. The Bertz CT molecular complexity index is 211. The fourth-order valence-corrected chi connectivity index (χ4v) is 1.35. The molecule has 0 aromatic rings. The molecule has 0 unspecified atom stereocenters. The SMILES string of the molecule is CN1CCN(C(=O)OC(Cl)(Cl)Cl)CC1. The Morgan fingerprint density at radius 2 is 1.71 bits per heavy atom. The molecule has 0 aromatic carbocycles. The van der Waals surface area contributed by atoms with Gasteiger partial charge in [-0.2, -0.15) is 0 Å². The first-order valence-corrected chi connectivity index (χ1v) is 5.25. The second kappa shape index (κ2) is 4.75. The third-order valence-electron chi connectivity index (χ3n) is 1.96. The fraction of sp³-hybridized carbons (Fsp3) is 0.857. The van der Waals surface area contributed by atoms with Crippen molar-refractivity contribution in [3.8, 4) is 0 Å². The average molecular weight is 262 g/mol. The van der Waals surface area contributed by atoms with Gasteiger partial charge in [0.25, 0.3) is 0 Å². The Kier molecular flexibility index (Phi) is 4.13. The van der Waals surface area contributed by atoms with Crippen LogP contribution in [-0.4, -0.2) is 53.1 Å². The lowest BCUT2D eigenvalue weighted by atomic mass is 10.3. The van der Waals surface area contributed by atoms with Gasteiger partial charge in [-0.1, -0.05) is 0 Å². The Labute approximate surface area is 97.6 Å². The molecular weight excluding hydrogens is 250 g/mol. The van der Waals surface area contributed by atoms with Crippen LogP contribution < -0.4 is 0 Å². The predicted octanol–water partition coefficient (Wildman–Crippen LogP) is 1.70. The molecule has 7 heteroatoms. The van der Waals surface area contributed by atoms with E-state index >= 15 is 0 Å². The van der Waals surface area contributed by atoms with Gasteiger partial charge in [0.15, 0.2) is 0 Å². The number of carbonyl (C=O) groups is 1. The van der Waals surface area contributed by atoms with Crippen LogP contribution in [0.1, 0.15) is 0 Å². The van der Waals surface area contributed by atoms with Crippen LogP contribution in [0.3, 0.4) is 0 Å². The van der Waals surface area contributed by atoms with E-state index in [0.717, 1.165) is 13.1 Å². The third-order valence-corrected chi connectivity index (χ3v) is 2.20. The summed E-state index contributed by atoms with van der Waals surface area (Å²) in [5, 5.41) is 0. The number of rotatable bonds is 0. The molecule has 82 valence electrons. The number of ether oxygens (including phenoxy) is 1. The van der Waals surface area contributed by atoms with Gasteiger partial charge in [-0.3, -0.25) is 0 Å². The number of carbonyl (C=O) groups excluding carboxylic acids is 1. The van der Waals surface area contributed by atoms with Crippen molar-refractivity contribution >= 4 is 40.9 Å². The average Bonchev–Trinajstić information content (AvgIpc) is 2.02. The minimum absolute atomic E-state index is 0.585. The summed E-state index contributed by atoms with van der Waals surface area (Å²) < 4.78 is 2.61. The quantitative estimate of drug-likeness (QED) is 0.622. The van der Waals surface area contributed by atoms with Gasteiger partial charge >= 0.3 is 10.1 Å². The van der Waals surface area contributed by atoms with E-state index in [1.54, 1.807) is 0 Å². The van der Waals surface area contributed by atoms with Gasteiger partial charge in [0, 0.05) is 26.2 Å². The molecule has 0 N–H and O–H groups in total. The van der Waals surface area contributed by atoms with Crippen molar-refractivity contribution < 1.29 is 9.53 Å². The first-order valence-electron chi connectivity index (χ1n) is 4.12. The van der Waals surface area contributed by atoms with Crippen molar-refractivity contribution in [2.75, 3.05) is 33.2 Å². The number of amides is 1. The van der Waals surface area contributed by atoms with Crippen LogP contribution >= 0.6 is 34.8 Å². The molecule has 0 aliphatic carbocycles. The molecule has 0 bridgehead atoms. The fourth-order valence-electron chi connectivity index (χ4n) is 1.15. The molecule has 14 heavy (non-hydrogen) atoms. The second-order valence-electron chi connectivity index (χ2n) is 3.10. The summed E-state index contributed by atoms with van der Waals surface area (Å²) in [5.41, 5.74) is 0. The number of alkyl halides is 3. The summed E-state index contributed by atoms with van der Waals surface area (Å²) in [5.74, 6) is 0. The van der Waals surface area contributed by atoms with Gasteiger partial charge in [0.05, 0.1) is 0 Å². The Morgan fingerprint density at radius 1 is 1.21 bits per heavy atom. The Balaban J connectivity index is 2.38. The van der Waals surface area contributed by atoms with Crippen molar-refractivity contribution in [3.05, 3.63) is 0 Å². The summed E-state index contributed by atoms with van der Waals surface area (Å²) in [4.78, 5) is 15.0. The number of nitrogens with zero attached hydrogens (tertiary/aromatic N) is 2. The predicted molar refractivity (Wildman–Crippen MR) is 55.8 cm³/mol. The van der Waals surface area contributed by atoms with E-state index in [1.165, 1.54) is 4.90 Å². The topological polar surface area (TPSA) is 32.8 Å². The van der Waals surface area contributed by atoms with Gasteiger partial charge < -0.3 is 14.5 Å². The lowest BCUT2D eigenvalue weighted by Crippen LogP contribution is -2.48. The van der Waals surface area contributed by atoms with Crippen LogP contribution in [-0.2, 0) is 4.74 Å². The van der Waals surface area contributed by atoms with E-state index < -0.39 is 10.1 Å². The van der Waals surface area contributed by atoms with Gasteiger partial charge in [0.1, 0.15) is 0 Å². The molecule has 4 nitrogen and oxygen atoms in total. The summed E-state index contributed by atoms with van der Waals surface area (Å²) in [6.07, 6.45) is -0.585. The monoisotopic (exact) mass is 260 g/mol. The lowest BCUT2D eigenvalue weighted by molar-refractivity contribution is 0.0799. The maximum atomic E-state index is 11.4. The van der Waals surface area contributed by atoms with Crippen LogP contribution in [0.15, 0.2) is 0 Å². The van der Waals surface area contributed by atoms with E-state index in [-0.39, 0.29) is 0 Å². The first kappa shape index (κ1) is 12.2. The van der Waals surface area contributed by atoms with E-state index in [0.29, 0.717) is 13.1 Å². The summed E-state index contributed by atoms with van der Waals surface area (Å²) in [6, 6.07) is 0.